The van der Waals surface area contributed by atoms with Crippen LogP contribution in [0.15, 0.2) is 12.2 Å². The molecule has 8 heavy (non-hydrogen) atoms. The second-order valence-electron chi connectivity index (χ2n) is 1.20. The Balaban J connectivity index is 3.33. The number of rotatable bonds is 2. The number of allylic oxidation sites excluding steroid dienone is 1. The van der Waals surface area contributed by atoms with Crippen LogP contribution < -0.4 is 5.32 Å². The van der Waals surface area contributed by atoms with Crippen LogP contribution >= 0.6 is 0 Å². The van der Waals surface area contributed by atoms with E-state index in [2.05, 4.69) is 5.32 Å². The van der Waals surface area contributed by atoms with Gasteiger partial charge in [-0.15, -0.1) is 0 Å². The van der Waals surface area contributed by atoms with E-state index < -0.39 is 0 Å². The molecular formula is C5H9NO2. The third kappa shape index (κ3) is 3.36. The van der Waals surface area contributed by atoms with Crippen molar-refractivity contribution in [2.45, 2.75) is 6.92 Å². The van der Waals surface area contributed by atoms with Crippen LogP contribution in [0.3, 0.4) is 0 Å². The monoisotopic (exact) mass is 115 g/mol. The number of hydrogen-bond acceptors (Lipinski definition) is 2. The molecule has 0 unspecified atom stereocenters. The summed E-state index contributed by atoms with van der Waals surface area (Å²) >= 11 is 0. The van der Waals surface area contributed by atoms with Gasteiger partial charge in [-0.3, -0.25) is 4.79 Å². The predicted molar refractivity (Wildman–Crippen MR) is 30.0 cm³/mol. The van der Waals surface area contributed by atoms with E-state index in [1.54, 1.807) is 13.0 Å². The molecule has 0 aromatic heterocycles. The van der Waals surface area contributed by atoms with E-state index in [1.165, 1.54) is 6.08 Å². The number of aliphatic hydroxyl groups excluding tert-OH is 1. The largest absolute Gasteiger partial charge is 0.376 e. The Morgan fingerprint density at radius 2 is 2.50 bits per heavy atom. The summed E-state index contributed by atoms with van der Waals surface area (Å²) in [4.78, 5) is 10.3. The highest BCUT2D eigenvalue weighted by atomic mass is 16.3. The van der Waals surface area contributed by atoms with Crippen molar-refractivity contribution in [2.75, 3.05) is 6.73 Å². The fourth-order valence-electron chi connectivity index (χ4n) is 0.288. The molecule has 0 aliphatic rings. The lowest BCUT2D eigenvalue weighted by Crippen LogP contribution is -2.21. The minimum atomic E-state index is -0.302. The number of hydrogen-bond donors (Lipinski definition) is 2. The molecule has 0 rings (SSSR count). The van der Waals surface area contributed by atoms with Gasteiger partial charge in [0.05, 0.1) is 0 Å². The van der Waals surface area contributed by atoms with Gasteiger partial charge in [0.2, 0.25) is 5.91 Å². The summed E-state index contributed by atoms with van der Waals surface area (Å²) in [7, 11) is 0. The van der Waals surface area contributed by atoms with Crippen LogP contribution in [-0.4, -0.2) is 17.7 Å². The van der Waals surface area contributed by atoms with E-state index in [0.29, 0.717) is 0 Å². The first kappa shape index (κ1) is 7.17. The van der Waals surface area contributed by atoms with E-state index in [9.17, 15) is 4.79 Å². The fourth-order valence-corrected chi connectivity index (χ4v) is 0.288. The summed E-state index contributed by atoms with van der Waals surface area (Å²) in [6.45, 7) is 1.43. The van der Waals surface area contributed by atoms with Crippen LogP contribution in [0.4, 0.5) is 0 Å². The Bertz CT molecular complexity index is 98.6. The fraction of sp³-hybridized carbons (Fsp3) is 0.400. The number of nitrogens with one attached hydrogen (secondary N) is 1. The number of amides is 1. The van der Waals surface area contributed by atoms with Gasteiger partial charge < -0.3 is 10.4 Å². The molecule has 0 saturated heterocycles. The maximum atomic E-state index is 10.3. The van der Waals surface area contributed by atoms with Crippen molar-refractivity contribution >= 4 is 5.91 Å². The number of aliphatic hydroxyl groups is 1. The first-order valence-electron chi connectivity index (χ1n) is 2.32. The van der Waals surface area contributed by atoms with Crippen molar-refractivity contribution < 1.29 is 9.90 Å². The van der Waals surface area contributed by atoms with E-state index in [4.69, 9.17) is 5.11 Å². The van der Waals surface area contributed by atoms with E-state index in [-0.39, 0.29) is 12.6 Å². The molecule has 0 radical (unpaired) electrons. The second-order valence-corrected chi connectivity index (χ2v) is 1.20. The average molecular weight is 115 g/mol. The lowest BCUT2D eigenvalue weighted by Gasteiger charge is -1.90. The molecule has 2 N–H and O–H groups in total. The molecule has 3 nitrogen and oxygen atoms in total. The van der Waals surface area contributed by atoms with Gasteiger partial charge in [0.1, 0.15) is 6.73 Å². The Morgan fingerprint density at radius 3 is 2.88 bits per heavy atom. The van der Waals surface area contributed by atoms with E-state index >= 15 is 0 Å². The molecule has 0 atom stereocenters. The molecular weight excluding hydrogens is 106 g/mol. The van der Waals surface area contributed by atoms with Crippen LogP contribution in [0.5, 0.6) is 0 Å². The zero-order chi connectivity index (χ0) is 6.41. The molecule has 3 heteroatoms. The highest BCUT2D eigenvalue weighted by molar-refractivity contribution is 5.87. The van der Waals surface area contributed by atoms with Crippen molar-refractivity contribution in [2.24, 2.45) is 0 Å². The van der Waals surface area contributed by atoms with Crippen LogP contribution in [0.25, 0.3) is 0 Å². The molecule has 0 bridgehead atoms. The summed E-state index contributed by atoms with van der Waals surface area (Å²) in [6.07, 6.45) is 2.95. The normalized spacial score (nSPS) is 9.75. The Morgan fingerprint density at radius 1 is 1.88 bits per heavy atom. The number of carbonyl (C=O) groups is 1. The molecule has 0 saturated carbocycles. The van der Waals surface area contributed by atoms with Crippen molar-refractivity contribution in [1.29, 1.82) is 0 Å². The Kier molecular flexibility index (Phi) is 3.88. The summed E-state index contributed by atoms with van der Waals surface area (Å²) < 4.78 is 0. The quantitative estimate of drug-likeness (QED) is 0.381. The standard InChI is InChI=1S/C5H9NO2/c1-2-3-5(8)6-4-7/h2-3,7H,4H2,1H3,(H,6,8)/b3-2-. The summed E-state index contributed by atoms with van der Waals surface area (Å²) in [6, 6.07) is 0. The van der Waals surface area contributed by atoms with E-state index in [0.717, 1.165) is 0 Å². The van der Waals surface area contributed by atoms with Crippen LogP contribution in [0, 0.1) is 0 Å². The van der Waals surface area contributed by atoms with E-state index in [1.807, 2.05) is 0 Å². The van der Waals surface area contributed by atoms with Gasteiger partial charge in [-0.2, -0.15) is 0 Å². The second kappa shape index (κ2) is 4.33. The van der Waals surface area contributed by atoms with Gasteiger partial charge >= 0.3 is 0 Å². The molecule has 0 fully saturated rings. The molecule has 0 heterocycles. The van der Waals surface area contributed by atoms with Gasteiger partial charge in [0.15, 0.2) is 0 Å². The summed E-state index contributed by atoms with van der Waals surface area (Å²) in [5, 5.41) is 10.3. The van der Waals surface area contributed by atoms with Gasteiger partial charge in [0.25, 0.3) is 0 Å². The van der Waals surface area contributed by atoms with Gasteiger partial charge in [0, 0.05) is 0 Å². The lowest BCUT2D eigenvalue weighted by molar-refractivity contribution is -0.117. The molecule has 0 aromatic rings. The minimum Gasteiger partial charge on any atom is -0.376 e. The third-order valence-corrected chi connectivity index (χ3v) is 0.571. The minimum absolute atomic E-state index is 0.269. The van der Waals surface area contributed by atoms with Crippen molar-refractivity contribution in [1.82, 2.24) is 5.32 Å². The molecule has 0 aliphatic heterocycles. The maximum Gasteiger partial charge on any atom is 0.245 e. The Hall–Kier alpha value is -0.830. The van der Waals surface area contributed by atoms with Crippen molar-refractivity contribution in [3.05, 3.63) is 12.2 Å². The summed E-state index contributed by atoms with van der Waals surface area (Å²) in [5.41, 5.74) is 0. The molecule has 46 valence electrons. The van der Waals surface area contributed by atoms with Crippen LogP contribution in [-0.2, 0) is 4.79 Å². The van der Waals surface area contributed by atoms with Gasteiger partial charge in [-0.1, -0.05) is 6.08 Å². The average Bonchev–Trinajstić information content (AvgIpc) is 1.68. The lowest BCUT2D eigenvalue weighted by atomic mass is 10.5. The van der Waals surface area contributed by atoms with Gasteiger partial charge in [-0.05, 0) is 13.0 Å². The zero-order valence-corrected chi connectivity index (χ0v) is 4.72. The first-order chi connectivity index (χ1) is 3.81. The van der Waals surface area contributed by atoms with Crippen molar-refractivity contribution in [3.63, 3.8) is 0 Å². The maximum absolute atomic E-state index is 10.3. The van der Waals surface area contributed by atoms with Gasteiger partial charge in [-0.25, -0.2) is 0 Å². The van der Waals surface area contributed by atoms with Crippen molar-refractivity contribution in [3.8, 4) is 0 Å². The van der Waals surface area contributed by atoms with Crippen LogP contribution in [0.1, 0.15) is 6.92 Å². The topological polar surface area (TPSA) is 49.3 Å². The zero-order valence-electron chi connectivity index (χ0n) is 4.72. The highest BCUT2D eigenvalue weighted by Crippen LogP contribution is 1.68. The summed E-state index contributed by atoms with van der Waals surface area (Å²) in [5.74, 6) is -0.269. The first-order valence-corrected chi connectivity index (χ1v) is 2.32. The molecule has 0 aliphatic carbocycles. The van der Waals surface area contributed by atoms with Crippen LogP contribution in [0.2, 0.25) is 0 Å². The molecule has 0 spiro atoms. The third-order valence-electron chi connectivity index (χ3n) is 0.571. The molecule has 1 amide bonds. The smallest absolute Gasteiger partial charge is 0.245 e. The predicted octanol–water partition coefficient (Wildman–Crippen LogP) is -0.371. The number of carbonyl (C=O) groups excluding carboxylic acids is 1. The highest BCUT2D eigenvalue weighted by Gasteiger charge is 1.86. The molecule has 0 aromatic carbocycles. The SMILES string of the molecule is C/C=C\C(=O)NCO. The Labute approximate surface area is 48.0 Å².